The minimum absolute atomic E-state index is 0.0734. The molecule has 1 aromatic rings. The van der Waals surface area contributed by atoms with Gasteiger partial charge in [-0.2, -0.15) is 4.98 Å². The molecule has 17 heavy (non-hydrogen) atoms. The fraction of sp³-hybridized carbons (Fsp3) is 0.636. The number of anilines is 1. The first-order valence-electron chi connectivity index (χ1n) is 5.72. The van der Waals surface area contributed by atoms with Gasteiger partial charge in [-0.05, 0) is 26.8 Å². The van der Waals surface area contributed by atoms with E-state index in [1.165, 1.54) is 12.8 Å². The summed E-state index contributed by atoms with van der Waals surface area (Å²) in [6.45, 7) is 2.80. The first-order valence-corrected chi connectivity index (χ1v) is 5.72. The highest BCUT2D eigenvalue weighted by Gasteiger charge is 2.29. The molecule has 1 aliphatic rings. The van der Waals surface area contributed by atoms with Crippen molar-refractivity contribution in [3.63, 3.8) is 0 Å². The van der Waals surface area contributed by atoms with Crippen molar-refractivity contribution in [3.05, 3.63) is 12.0 Å². The van der Waals surface area contributed by atoms with Gasteiger partial charge in [0.05, 0.1) is 0 Å². The van der Waals surface area contributed by atoms with Crippen LogP contribution >= 0.6 is 0 Å². The van der Waals surface area contributed by atoms with Crippen LogP contribution in [0.1, 0.15) is 30.3 Å². The average Bonchev–Trinajstić information content (AvgIpc) is 3.03. The number of aromatic nitrogens is 1. The van der Waals surface area contributed by atoms with Crippen LogP contribution in [0.5, 0.6) is 0 Å². The Morgan fingerprint density at radius 1 is 1.76 bits per heavy atom. The van der Waals surface area contributed by atoms with Crippen LogP contribution in [-0.2, 0) is 0 Å². The molecule has 0 saturated heterocycles. The van der Waals surface area contributed by atoms with Crippen molar-refractivity contribution >= 4 is 12.0 Å². The smallest absolute Gasteiger partial charge is 0.357 e. The van der Waals surface area contributed by atoms with Crippen molar-refractivity contribution in [3.8, 4) is 0 Å². The molecule has 2 rings (SSSR count). The lowest BCUT2D eigenvalue weighted by Crippen LogP contribution is -2.36. The molecule has 1 heterocycles. The first-order chi connectivity index (χ1) is 8.08. The number of nitrogens with one attached hydrogen (secondary N) is 1. The van der Waals surface area contributed by atoms with Gasteiger partial charge in [0, 0.05) is 18.6 Å². The van der Waals surface area contributed by atoms with E-state index in [0.717, 1.165) is 6.26 Å². The van der Waals surface area contributed by atoms with Crippen LogP contribution in [0, 0.1) is 0 Å². The minimum Gasteiger partial charge on any atom is -0.476 e. The van der Waals surface area contributed by atoms with Crippen LogP contribution in [0.4, 0.5) is 6.01 Å². The number of rotatable bonds is 6. The molecule has 0 aromatic carbocycles. The first kappa shape index (κ1) is 11.9. The summed E-state index contributed by atoms with van der Waals surface area (Å²) in [5.74, 6) is -1.08. The van der Waals surface area contributed by atoms with Gasteiger partial charge in [0.1, 0.15) is 6.26 Å². The number of carboxylic acid groups (broad SMARTS) is 1. The molecule has 1 unspecified atom stereocenters. The number of aromatic carboxylic acids is 1. The van der Waals surface area contributed by atoms with Gasteiger partial charge in [0.15, 0.2) is 5.69 Å². The Labute approximate surface area is 99.6 Å². The summed E-state index contributed by atoms with van der Waals surface area (Å²) >= 11 is 0. The zero-order valence-electron chi connectivity index (χ0n) is 10.0. The minimum atomic E-state index is -1.08. The highest BCUT2D eigenvalue weighted by molar-refractivity contribution is 5.85. The van der Waals surface area contributed by atoms with E-state index >= 15 is 0 Å². The Morgan fingerprint density at radius 3 is 3.00 bits per heavy atom. The molecule has 1 aliphatic carbocycles. The second kappa shape index (κ2) is 4.75. The van der Waals surface area contributed by atoms with Gasteiger partial charge in [-0.3, -0.25) is 4.90 Å². The summed E-state index contributed by atoms with van der Waals surface area (Å²) in [5, 5.41) is 11.7. The second-order valence-electron chi connectivity index (χ2n) is 4.47. The maximum absolute atomic E-state index is 10.6. The molecular formula is C11H17N3O3. The van der Waals surface area contributed by atoms with Crippen molar-refractivity contribution in [2.45, 2.75) is 31.8 Å². The third-order valence-corrected chi connectivity index (χ3v) is 3.09. The Kier molecular flexibility index (Phi) is 3.33. The van der Waals surface area contributed by atoms with Crippen molar-refractivity contribution in [1.82, 2.24) is 9.88 Å². The molecule has 1 atom stereocenters. The van der Waals surface area contributed by atoms with Gasteiger partial charge in [-0.25, -0.2) is 4.79 Å². The van der Waals surface area contributed by atoms with E-state index in [1.54, 1.807) is 0 Å². The van der Waals surface area contributed by atoms with Gasteiger partial charge < -0.3 is 14.8 Å². The van der Waals surface area contributed by atoms with Crippen LogP contribution in [0.15, 0.2) is 10.7 Å². The third-order valence-electron chi connectivity index (χ3n) is 3.09. The maximum Gasteiger partial charge on any atom is 0.357 e. The molecule has 1 saturated carbocycles. The summed E-state index contributed by atoms with van der Waals surface area (Å²) in [7, 11) is 2.10. The van der Waals surface area contributed by atoms with E-state index in [0.29, 0.717) is 18.6 Å². The molecule has 6 nitrogen and oxygen atoms in total. The number of nitrogens with zero attached hydrogens (tertiary/aromatic N) is 2. The summed E-state index contributed by atoms with van der Waals surface area (Å²) in [5.41, 5.74) is -0.0734. The monoisotopic (exact) mass is 239 g/mol. The second-order valence-corrected chi connectivity index (χ2v) is 4.47. The molecule has 94 valence electrons. The number of hydrogen-bond donors (Lipinski definition) is 2. The number of carbonyl (C=O) groups is 1. The van der Waals surface area contributed by atoms with Crippen LogP contribution < -0.4 is 5.32 Å². The van der Waals surface area contributed by atoms with Crippen LogP contribution in [-0.4, -0.2) is 46.6 Å². The zero-order valence-corrected chi connectivity index (χ0v) is 10.0. The predicted molar refractivity (Wildman–Crippen MR) is 62.2 cm³/mol. The number of carboxylic acids is 1. The lowest BCUT2D eigenvalue weighted by atomic mass is 10.3. The van der Waals surface area contributed by atoms with E-state index in [1.807, 2.05) is 0 Å². The summed E-state index contributed by atoms with van der Waals surface area (Å²) in [6, 6.07) is 1.33. The molecule has 0 bridgehead atoms. The molecule has 2 N–H and O–H groups in total. The topological polar surface area (TPSA) is 78.6 Å². The standard InChI is InChI=1S/C11H17N3O3/c1-7(14(2)8-3-4-8)5-12-11-13-9(6-17-11)10(15)16/h6-8H,3-5H2,1-2H3,(H,12,13)(H,15,16). The average molecular weight is 239 g/mol. The Balaban J connectivity index is 1.82. The fourth-order valence-corrected chi connectivity index (χ4v) is 1.67. The lowest BCUT2D eigenvalue weighted by Gasteiger charge is -2.24. The van der Waals surface area contributed by atoms with E-state index in [9.17, 15) is 4.79 Å². The Bertz CT molecular complexity index is 400. The quantitative estimate of drug-likeness (QED) is 0.778. The Hall–Kier alpha value is -1.56. The fourth-order valence-electron chi connectivity index (χ4n) is 1.67. The predicted octanol–water partition coefficient (Wildman–Crippen LogP) is 1.27. The Morgan fingerprint density at radius 2 is 2.47 bits per heavy atom. The van der Waals surface area contributed by atoms with Crippen LogP contribution in [0.2, 0.25) is 0 Å². The van der Waals surface area contributed by atoms with Crippen molar-refractivity contribution < 1.29 is 14.3 Å². The zero-order chi connectivity index (χ0) is 12.4. The molecule has 0 spiro atoms. The van der Waals surface area contributed by atoms with Crippen LogP contribution in [0.25, 0.3) is 0 Å². The largest absolute Gasteiger partial charge is 0.476 e. The number of hydrogen-bond acceptors (Lipinski definition) is 5. The van der Waals surface area contributed by atoms with Crippen molar-refractivity contribution in [2.75, 3.05) is 18.9 Å². The summed E-state index contributed by atoms with van der Waals surface area (Å²) in [4.78, 5) is 16.7. The maximum atomic E-state index is 10.6. The van der Waals surface area contributed by atoms with E-state index in [4.69, 9.17) is 9.52 Å². The normalized spacial score (nSPS) is 17.1. The van der Waals surface area contributed by atoms with E-state index in [2.05, 4.69) is 29.2 Å². The lowest BCUT2D eigenvalue weighted by molar-refractivity contribution is 0.0690. The van der Waals surface area contributed by atoms with Gasteiger partial charge in [-0.15, -0.1) is 0 Å². The van der Waals surface area contributed by atoms with E-state index < -0.39 is 5.97 Å². The van der Waals surface area contributed by atoms with Gasteiger partial charge in [0.2, 0.25) is 0 Å². The molecule has 0 aliphatic heterocycles. The SMILES string of the molecule is CC(CNc1nc(C(=O)O)co1)N(C)C1CC1. The van der Waals surface area contributed by atoms with Crippen molar-refractivity contribution in [1.29, 1.82) is 0 Å². The highest BCUT2D eigenvalue weighted by Crippen LogP contribution is 2.26. The molecule has 0 amide bonds. The molecular weight excluding hydrogens is 222 g/mol. The molecule has 0 radical (unpaired) electrons. The van der Waals surface area contributed by atoms with Gasteiger partial charge in [-0.1, -0.05) is 0 Å². The number of oxazole rings is 1. The third kappa shape index (κ3) is 2.97. The number of likely N-dealkylation sites (N-methyl/N-ethyl adjacent to an activating group) is 1. The molecule has 6 heteroatoms. The summed E-state index contributed by atoms with van der Waals surface area (Å²) in [6.07, 6.45) is 3.67. The van der Waals surface area contributed by atoms with Crippen molar-refractivity contribution in [2.24, 2.45) is 0 Å². The van der Waals surface area contributed by atoms with Gasteiger partial charge in [0.25, 0.3) is 6.01 Å². The van der Waals surface area contributed by atoms with Gasteiger partial charge >= 0.3 is 5.97 Å². The summed E-state index contributed by atoms with van der Waals surface area (Å²) < 4.78 is 5.01. The molecule has 1 fully saturated rings. The van der Waals surface area contributed by atoms with E-state index in [-0.39, 0.29) is 11.7 Å². The highest BCUT2D eigenvalue weighted by atomic mass is 16.4. The molecule has 1 aromatic heterocycles. The van der Waals surface area contributed by atoms with Crippen LogP contribution in [0.3, 0.4) is 0 Å².